The van der Waals surface area contributed by atoms with Gasteiger partial charge < -0.3 is 14.2 Å². The maximum absolute atomic E-state index is 13.8. The van der Waals surface area contributed by atoms with Crippen LogP contribution in [0.3, 0.4) is 0 Å². The molecule has 6 rings (SSSR count). The normalized spacial score (nSPS) is 18.2. The average Bonchev–Trinajstić information content (AvgIpc) is 3.15. The minimum atomic E-state index is -3.71. The third-order valence-electron chi connectivity index (χ3n) is 8.10. The summed E-state index contributed by atoms with van der Waals surface area (Å²) in [6.07, 6.45) is 8.75. The molecule has 1 aliphatic carbocycles. The number of amides is 2. The summed E-state index contributed by atoms with van der Waals surface area (Å²) in [5, 5.41) is 1.06. The van der Waals surface area contributed by atoms with Crippen LogP contribution in [-0.4, -0.2) is 62.3 Å². The van der Waals surface area contributed by atoms with Crippen LogP contribution in [0.4, 0.5) is 0 Å². The first-order valence-electron chi connectivity index (χ1n) is 13.7. The number of nitrogens with one attached hydrogen (secondary N) is 1. The number of hydrogen-bond acceptors (Lipinski definition) is 5. The first-order chi connectivity index (χ1) is 18.8. The number of rotatable bonds is 4. The highest BCUT2D eigenvalue weighted by atomic mass is 32.2. The Morgan fingerprint density at radius 2 is 1.74 bits per heavy atom. The van der Waals surface area contributed by atoms with Gasteiger partial charge in [-0.25, -0.2) is 13.1 Å². The average molecular weight is 548 g/mol. The highest BCUT2D eigenvalue weighted by Gasteiger charge is 2.31. The molecule has 1 saturated carbocycles. The number of hydrogen-bond donors (Lipinski definition) is 1. The number of nitrogens with zero attached hydrogens (tertiary/aromatic N) is 2. The van der Waals surface area contributed by atoms with Crippen molar-refractivity contribution in [1.29, 1.82) is 0 Å². The van der Waals surface area contributed by atoms with Crippen LogP contribution in [0.2, 0.25) is 0 Å². The lowest BCUT2D eigenvalue weighted by Gasteiger charge is -2.28. The van der Waals surface area contributed by atoms with Crippen molar-refractivity contribution in [3.8, 4) is 11.3 Å². The molecule has 2 aliphatic heterocycles. The lowest BCUT2D eigenvalue weighted by molar-refractivity contribution is -0.131. The fourth-order valence-corrected chi connectivity index (χ4v) is 6.80. The molecule has 2 aromatic carbocycles. The number of fused-ring (bicyclic) bond motifs is 5. The van der Waals surface area contributed by atoms with Crippen molar-refractivity contribution < 1.29 is 22.7 Å². The number of carbonyl (C=O) groups is 2. The zero-order chi connectivity index (χ0) is 27.1. The molecule has 0 radical (unpaired) electrons. The van der Waals surface area contributed by atoms with Crippen molar-refractivity contribution in [2.45, 2.75) is 44.6 Å². The molecule has 0 bridgehead atoms. The molecule has 3 heterocycles. The maximum Gasteiger partial charge on any atom is 0.264 e. The van der Waals surface area contributed by atoms with E-state index in [2.05, 4.69) is 21.4 Å². The van der Waals surface area contributed by atoms with Crippen molar-refractivity contribution in [2.75, 3.05) is 32.6 Å². The van der Waals surface area contributed by atoms with E-state index in [-0.39, 0.29) is 11.5 Å². The number of morpholine rings is 1. The Balaban J connectivity index is 1.56. The van der Waals surface area contributed by atoms with Gasteiger partial charge in [0.25, 0.3) is 11.8 Å². The summed E-state index contributed by atoms with van der Waals surface area (Å²) < 4.78 is 33.3. The molecule has 0 spiro atoms. The summed E-state index contributed by atoms with van der Waals surface area (Å²) in [5.41, 5.74) is 6.22. The van der Waals surface area contributed by atoms with Gasteiger partial charge in [-0.1, -0.05) is 49.6 Å². The lowest BCUT2D eigenvalue weighted by atomic mass is 9.81. The first kappa shape index (κ1) is 25.8. The van der Waals surface area contributed by atoms with Gasteiger partial charge in [0.2, 0.25) is 10.0 Å². The minimum absolute atomic E-state index is 0.00649. The molecular formula is C30H33N3O5S. The molecule has 39 heavy (non-hydrogen) atoms. The van der Waals surface area contributed by atoms with Gasteiger partial charge in [0.1, 0.15) is 0 Å². The van der Waals surface area contributed by atoms with Crippen LogP contribution >= 0.6 is 0 Å². The highest BCUT2D eigenvalue weighted by molar-refractivity contribution is 7.89. The minimum Gasteiger partial charge on any atom is -0.378 e. The molecule has 1 aromatic heterocycles. The van der Waals surface area contributed by atoms with Gasteiger partial charge in [0.15, 0.2) is 0 Å². The Bertz CT molecular complexity index is 1590. The topological polar surface area (TPSA) is 97.7 Å². The summed E-state index contributed by atoms with van der Waals surface area (Å²) in [7, 11) is -3.71. The molecule has 1 N–H and O–H groups in total. The number of sulfonamides is 1. The van der Waals surface area contributed by atoms with Crippen molar-refractivity contribution >= 4 is 38.8 Å². The molecule has 2 amide bonds. The van der Waals surface area contributed by atoms with E-state index in [1.807, 2.05) is 29.2 Å². The number of carbonyl (C=O) groups excluding carboxylic acids is 2. The Hall–Kier alpha value is -3.43. The van der Waals surface area contributed by atoms with E-state index >= 15 is 0 Å². The zero-order valence-electron chi connectivity index (χ0n) is 22.1. The Labute approximate surface area is 228 Å². The third kappa shape index (κ3) is 5.01. The second-order valence-electron chi connectivity index (χ2n) is 10.8. The second kappa shape index (κ2) is 10.3. The largest absolute Gasteiger partial charge is 0.378 e. The van der Waals surface area contributed by atoms with Crippen LogP contribution in [0.15, 0.2) is 48.0 Å². The third-order valence-corrected chi connectivity index (χ3v) is 8.66. The Kier molecular flexibility index (Phi) is 6.81. The quantitative estimate of drug-likeness (QED) is 0.525. The smallest absolute Gasteiger partial charge is 0.264 e. The standard InChI is InChI=1S/C30H33N3O5S/c1-39(36,37)31-29(34)22-11-12-25-26(18-22)33-19-23(30(35)32-13-15-38-16-14-32)17-21-9-5-6-10-24(21)28(33)27(25)20-7-3-2-4-8-20/h5-6,9-12,17-18,20H,2-4,7-8,13-16,19H2,1H3,(H,31,34). The molecule has 8 nitrogen and oxygen atoms in total. The van der Waals surface area contributed by atoms with Crippen molar-refractivity contribution in [3.63, 3.8) is 0 Å². The van der Waals surface area contributed by atoms with E-state index in [0.29, 0.717) is 44.3 Å². The van der Waals surface area contributed by atoms with Gasteiger partial charge in [-0.15, -0.1) is 0 Å². The number of benzene rings is 2. The van der Waals surface area contributed by atoms with E-state index in [0.717, 1.165) is 46.8 Å². The number of ether oxygens (including phenoxy) is 1. The van der Waals surface area contributed by atoms with Gasteiger partial charge in [-0.2, -0.15) is 0 Å². The lowest BCUT2D eigenvalue weighted by Crippen LogP contribution is -2.41. The SMILES string of the molecule is CS(=O)(=O)NC(=O)c1ccc2c(C3CCCCC3)c3n(c2c1)CC(C(=O)N1CCOCC1)=Cc1ccccc1-3. The molecule has 0 atom stereocenters. The summed E-state index contributed by atoms with van der Waals surface area (Å²) in [6, 6.07) is 13.6. The van der Waals surface area contributed by atoms with Crippen LogP contribution in [0, 0.1) is 0 Å². The van der Waals surface area contributed by atoms with Gasteiger partial charge in [-0.3, -0.25) is 9.59 Å². The second-order valence-corrected chi connectivity index (χ2v) is 12.5. The van der Waals surface area contributed by atoms with Crippen LogP contribution in [0.5, 0.6) is 0 Å². The predicted molar refractivity (Wildman–Crippen MR) is 151 cm³/mol. The summed E-state index contributed by atoms with van der Waals surface area (Å²) in [5.74, 6) is -0.297. The van der Waals surface area contributed by atoms with Crippen LogP contribution in [0.1, 0.15) is 59.5 Å². The van der Waals surface area contributed by atoms with Gasteiger partial charge in [-0.05, 0) is 48.1 Å². The zero-order valence-corrected chi connectivity index (χ0v) is 22.9. The van der Waals surface area contributed by atoms with Crippen LogP contribution < -0.4 is 4.72 Å². The Morgan fingerprint density at radius 3 is 2.49 bits per heavy atom. The maximum atomic E-state index is 13.8. The molecule has 3 aromatic rings. The van der Waals surface area contributed by atoms with E-state index < -0.39 is 15.9 Å². The van der Waals surface area contributed by atoms with Crippen LogP contribution in [-0.2, 0) is 26.1 Å². The van der Waals surface area contributed by atoms with E-state index in [1.165, 1.54) is 24.8 Å². The molecule has 3 aliphatic rings. The van der Waals surface area contributed by atoms with Gasteiger partial charge >= 0.3 is 0 Å². The van der Waals surface area contributed by atoms with Crippen LogP contribution in [0.25, 0.3) is 28.2 Å². The van der Waals surface area contributed by atoms with E-state index in [9.17, 15) is 18.0 Å². The molecule has 1 saturated heterocycles. The molecule has 204 valence electrons. The number of aromatic nitrogens is 1. The fraction of sp³-hybridized carbons (Fsp3) is 0.400. The van der Waals surface area contributed by atoms with E-state index in [4.69, 9.17) is 4.74 Å². The van der Waals surface area contributed by atoms with Gasteiger partial charge in [0.05, 0.1) is 31.7 Å². The highest BCUT2D eigenvalue weighted by Crippen LogP contribution is 2.46. The Morgan fingerprint density at radius 1 is 1.00 bits per heavy atom. The first-order valence-corrected chi connectivity index (χ1v) is 15.5. The van der Waals surface area contributed by atoms with Crippen molar-refractivity contribution in [2.24, 2.45) is 0 Å². The molecular weight excluding hydrogens is 514 g/mol. The molecule has 2 fully saturated rings. The monoisotopic (exact) mass is 547 g/mol. The molecule has 0 unspecified atom stereocenters. The predicted octanol–water partition coefficient (Wildman–Crippen LogP) is 4.30. The summed E-state index contributed by atoms with van der Waals surface area (Å²) in [6.45, 7) is 2.52. The van der Waals surface area contributed by atoms with Gasteiger partial charge in [0, 0.05) is 40.7 Å². The molecule has 9 heteroatoms. The van der Waals surface area contributed by atoms with E-state index in [1.54, 1.807) is 12.1 Å². The van der Waals surface area contributed by atoms with Crippen molar-refractivity contribution in [1.82, 2.24) is 14.2 Å². The fourth-order valence-electron chi connectivity index (χ4n) is 6.35. The summed E-state index contributed by atoms with van der Waals surface area (Å²) >= 11 is 0. The summed E-state index contributed by atoms with van der Waals surface area (Å²) in [4.78, 5) is 28.5. The van der Waals surface area contributed by atoms with Crippen molar-refractivity contribution in [3.05, 3.63) is 64.7 Å².